The molecule has 132 valence electrons. The molecule has 2 N–H and O–H groups in total. The number of nitrogens with one attached hydrogen (secondary N) is 1. The predicted molar refractivity (Wildman–Crippen MR) is 90.4 cm³/mol. The molecular weight excluding hydrogens is 322 g/mol. The number of amides is 1. The Morgan fingerprint density at radius 1 is 1.08 bits per heavy atom. The van der Waals surface area contributed by atoms with E-state index in [0.29, 0.717) is 0 Å². The van der Waals surface area contributed by atoms with Crippen molar-refractivity contribution in [1.82, 2.24) is 5.32 Å². The fraction of sp³-hybridized carbons (Fsp3) is 0.263. The van der Waals surface area contributed by atoms with E-state index in [1.807, 2.05) is 54.6 Å². The van der Waals surface area contributed by atoms with Crippen LogP contribution in [0.25, 0.3) is 11.1 Å². The average molecular weight is 342 g/mol. The van der Waals surface area contributed by atoms with Gasteiger partial charge in [-0.1, -0.05) is 54.6 Å². The largest absolute Gasteiger partial charge is 0.548 e. The van der Waals surface area contributed by atoms with Crippen molar-refractivity contribution >= 4 is 12.1 Å². The van der Waals surface area contributed by atoms with Crippen molar-refractivity contribution in [3.63, 3.8) is 0 Å². The molecule has 25 heavy (non-hydrogen) atoms. The highest BCUT2D eigenvalue weighted by atomic mass is 16.6. The Morgan fingerprint density at radius 3 is 2.16 bits per heavy atom. The van der Waals surface area contributed by atoms with Gasteiger partial charge in [0.25, 0.3) is 0 Å². The molecule has 1 unspecified atom stereocenters. The number of carboxylic acid groups (broad SMARTS) is 1. The molecule has 1 amide bonds. The number of hydrogen-bond acceptors (Lipinski definition) is 5. The Hall–Kier alpha value is -2.86. The zero-order chi connectivity index (χ0) is 18.4. The number of alkyl carbamates (subject to hydrolysis) is 1. The molecule has 0 saturated carbocycles. The summed E-state index contributed by atoms with van der Waals surface area (Å²) in [4.78, 5) is 22.6. The van der Waals surface area contributed by atoms with Gasteiger partial charge in [0, 0.05) is 0 Å². The number of carboxylic acids is 1. The fourth-order valence-electron chi connectivity index (χ4n) is 2.34. The van der Waals surface area contributed by atoms with Gasteiger partial charge in [0.05, 0.1) is 18.6 Å². The summed E-state index contributed by atoms with van der Waals surface area (Å²) in [6.45, 7) is 2.61. The number of ether oxygens (including phenoxy) is 1. The average Bonchev–Trinajstić information content (AvgIpc) is 2.60. The van der Waals surface area contributed by atoms with Crippen molar-refractivity contribution in [1.29, 1.82) is 0 Å². The van der Waals surface area contributed by atoms with Gasteiger partial charge >= 0.3 is 6.09 Å². The van der Waals surface area contributed by atoms with E-state index < -0.39 is 30.3 Å². The summed E-state index contributed by atoms with van der Waals surface area (Å²) in [7, 11) is 0. The number of rotatable bonds is 6. The molecule has 0 fully saturated rings. The van der Waals surface area contributed by atoms with E-state index in [1.54, 1.807) is 13.8 Å². The number of benzene rings is 2. The first-order valence-electron chi connectivity index (χ1n) is 7.80. The fourth-order valence-corrected chi connectivity index (χ4v) is 2.34. The molecule has 0 saturated heterocycles. The van der Waals surface area contributed by atoms with Crippen molar-refractivity contribution in [3.8, 4) is 11.1 Å². The molecule has 6 nitrogen and oxygen atoms in total. The van der Waals surface area contributed by atoms with Crippen molar-refractivity contribution in [2.75, 3.05) is 6.61 Å². The van der Waals surface area contributed by atoms with Gasteiger partial charge in [0.2, 0.25) is 0 Å². The highest BCUT2D eigenvalue weighted by molar-refractivity contribution is 5.78. The van der Waals surface area contributed by atoms with Crippen LogP contribution in [-0.4, -0.2) is 29.8 Å². The van der Waals surface area contributed by atoms with Crippen LogP contribution in [0, 0.1) is 0 Å². The van der Waals surface area contributed by atoms with Crippen molar-refractivity contribution in [2.24, 2.45) is 0 Å². The monoisotopic (exact) mass is 342 g/mol. The summed E-state index contributed by atoms with van der Waals surface area (Å²) in [6, 6.07) is 15.9. The standard InChI is InChI=1S/C19H21NO5/c1-19(2,25-18(24)20-16(12-21)17(22)23)15-10-8-14(9-11-15)13-6-4-3-5-7-13/h3-11,16,21H,12H2,1-2H3,(H,20,24)(H,22,23)/p-1. The molecule has 2 rings (SSSR count). The van der Waals surface area contributed by atoms with Gasteiger partial charge < -0.3 is 25.1 Å². The lowest BCUT2D eigenvalue weighted by Crippen LogP contribution is -2.51. The van der Waals surface area contributed by atoms with Crippen LogP contribution in [0.3, 0.4) is 0 Å². The minimum Gasteiger partial charge on any atom is -0.548 e. The molecule has 0 heterocycles. The third-order valence-corrected chi connectivity index (χ3v) is 3.79. The van der Waals surface area contributed by atoms with Gasteiger partial charge in [-0.15, -0.1) is 0 Å². The van der Waals surface area contributed by atoms with Crippen LogP contribution >= 0.6 is 0 Å². The Kier molecular flexibility index (Phi) is 5.77. The summed E-state index contributed by atoms with van der Waals surface area (Å²) >= 11 is 0. The maximum atomic E-state index is 11.9. The van der Waals surface area contributed by atoms with E-state index >= 15 is 0 Å². The second-order valence-corrected chi connectivity index (χ2v) is 6.04. The van der Waals surface area contributed by atoms with Crippen molar-refractivity contribution in [2.45, 2.75) is 25.5 Å². The number of aliphatic hydroxyl groups is 1. The predicted octanol–water partition coefficient (Wildman–Crippen LogP) is 1.43. The third-order valence-electron chi connectivity index (χ3n) is 3.79. The number of carbonyl (C=O) groups is 2. The first-order chi connectivity index (χ1) is 11.8. The van der Waals surface area contributed by atoms with E-state index in [-0.39, 0.29) is 0 Å². The topological polar surface area (TPSA) is 98.7 Å². The molecular formula is C19H20NO5-. The lowest BCUT2D eigenvalue weighted by molar-refractivity contribution is -0.309. The number of hydrogen-bond donors (Lipinski definition) is 2. The molecule has 0 radical (unpaired) electrons. The van der Waals surface area contributed by atoms with Gasteiger partial charge in [-0.2, -0.15) is 0 Å². The Labute approximate surface area is 146 Å². The van der Waals surface area contributed by atoms with Crippen LogP contribution < -0.4 is 10.4 Å². The molecule has 0 spiro atoms. The molecule has 0 aromatic heterocycles. The van der Waals surface area contributed by atoms with E-state index in [4.69, 9.17) is 9.84 Å². The summed E-state index contributed by atoms with van der Waals surface area (Å²) in [5, 5.41) is 21.7. The molecule has 0 bridgehead atoms. The lowest BCUT2D eigenvalue weighted by atomic mass is 9.95. The van der Waals surface area contributed by atoms with E-state index in [1.165, 1.54) is 0 Å². The second kappa shape index (κ2) is 7.81. The third kappa shape index (κ3) is 4.81. The van der Waals surface area contributed by atoms with Crippen LogP contribution in [-0.2, 0) is 15.1 Å². The minimum absolute atomic E-state index is 0.747. The highest BCUT2D eigenvalue weighted by Gasteiger charge is 2.26. The van der Waals surface area contributed by atoms with Crippen LogP contribution in [0.2, 0.25) is 0 Å². The van der Waals surface area contributed by atoms with Crippen LogP contribution in [0.15, 0.2) is 54.6 Å². The summed E-state index contributed by atoms with van der Waals surface area (Å²) in [6.07, 6.45) is -0.944. The maximum Gasteiger partial charge on any atom is 0.408 e. The molecule has 2 aromatic carbocycles. The van der Waals surface area contributed by atoms with Crippen molar-refractivity contribution < 1.29 is 24.5 Å². The Bertz CT molecular complexity index is 725. The summed E-state index contributed by atoms with van der Waals surface area (Å²) in [5.41, 5.74) is 1.87. The van der Waals surface area contributed by atoms with E-state index in [0.717, 1.165) is 16.7 Å². The minimum atomic E-state index is -1.58. The van der Waals surface area contributed by atoms with Gasteiger partial charge in [-0.3, -0.25) is 0 Å². The SMILES string of the molecule is CC(C)(OC(=O)NC(CO)C(=O)[O-])c1ccc(-c2ccccc2)cc1. The van der Waals surface area contributed by atoms with Gasteiger partial charge in [0.15, 0.2) is 0 Å². The zero-order valence-corrected chi connectivity index (χ0v) is 14.1. The first-order valence-corrected chi connectivity index (χ1v) is 7.80. The summed E-state index contributed by atoms with van der Waals surface area (Å²) in [5.74, 6) is -1.58. The van der Waals surface area contributed by atoms with Gasteiger partial charge in [-0.25, -0.2) is 4.79 Å². The highest BCUT2D eigenvalue weighted by Crippen LogP contribution is 2.27. The molecule has 0 aliphatic heterocycles. The molecule has 6 heteroatoms. The lowest BCUT2D eigenvalue weighted by Gasteiger charge is -2.27. The van der Waals surface area contributed by atoms with Gasteiger partial charge in [0.1, 0.15) is 5.60 Å². The smallest absolute Gasteiger partial charge is 0.408 e. The molecule has 0 aliphatic carbocycles. The molecule has 0 aliphatic rings. The molecule has 1 atom stereocenters. The Balaban J connectivity index is 2.08. The number of aliphatic carboxylic acids is 1. The first kappa shape index (κ1) is 18.5. The van der Waals surface area contributed by atoms with E-state index in [9.17, 15) is 14.7 Å². The van der Waals surface area contributed by atoms with Crippen LogP contribution in [0.1, 0.15) is 19.4 Å². The summed E-state index contributed by atoms with van der Waals surface area (Å²) < 4.78 is 5.30. The normalized spacial score (nSPS) is 12.3. The van der Waals surface area contributed by atoms with Gasteiger partial charge in [-0.05, 0) is 30.5 Å². The number of aliphatic hydroxyl groups excluding tert-OH is 1. The maximum absolute atomic E-state index is 11.9. The van der Waals surface area contributed by atoms with E-state index in [2.05, 4.69) is 5.32 Å². The Morgan fingerprint density at radius 2 is 1.64 bits per heavy atom. The van der Waals surface area contributed by atoms with Crippen molar-refractivity contribution in [3.05, 3.63) is 60.2 Å². The van der Waals surface area contributed by atoms with Crippen LogP contribution in [0.4, 0.5) is 4.79 Å². The van der Waals surface area contributed by atoms with Crippen LogP contribution in [0.5, 0.6) is 0 Å². The number of carbonyl (C=O) groups excluding carboxylic acids is 2. The second-order valence-electron chi connectivity index (χ2n) is 6.04. The zero-order valence-electron chi connectivity index (χ0n) is 14.1. The quantitative estimate of drug-likeness (QED) is 0.827. The molecule has 2 aromatic rings.